The summed E-state index contributed by atoms with van der Waals surface area (Å²) in [6.45, 7) is 6.51. The van der Waals surface area contributed by atoms with Crippen LogP contribution in [0.2, 0.25) is 0 Å². The van der Waals surface area contributed by atoms with Gasteiger partial charge in [-0.1, -0.05) is 55.5 Å². The highest BCUT2D eigenvalue weighted by atomic mass is 14.2. The van der Waals surface area contributed by atoms with Crippen LogP contribution in [-0.4, -0.2) is 0 Å². The van der Waals surface area contributed by atoms with E-state index in [0.29, 0.717) is 5.92 Å². The van der Waals surface area contributed by atoms with Gasteiger partial charge in [0.1, 0.15) is 0 Å². The molecule has 0 saturated heterocycles. The van der Waals surface area contributed by atoms with E-state index < -0.39 is 0 Å². The van der Waals surface area contributed by atoms with Gasteiger partial charge < -0.3 is 0 Å². The predicted molar refractivity (Wildman–Crippen MR) is 85.4 cm³/mol. The zero-order valence-electron chi connectivity index (χ0n) is 11.9. The van der Waals surface area contributed by atoms with E-state index in [1.165, 1.54) is 32.3 Å². The van der Waals surface area contributed by atoms with Crippen LogP contribution >= 0.6 is 0 Å². The normalized spacial score (nSPS) is 19.1. The van der Waals surface area contributed by atoms with Crippen LogP contribution in [0.15, 0.2) is 30.3 Å². The van der Waals surface area contributed by atoms with Gasteiger partial charge in [0.2, 0.25) is 0 Å². The van der Waals surface area contributed by atoms with E-state index in [1.807, 2.05) is 0 Å². The maximum atomic E-state index is 2.41. The summed E-state index contributed by atoms with van der Waals surface area (Å²) in [6.07, 6.45) is 10.1. The smallest absolute Gasteiger partial charge is 0.00336 e. The van der Waals surface area contributed by atoms with Crippen LogP contribution in [0, 0.1) is 5.92 Å². The first-order chi connectivity index (χ1) is 9.24. The first-order valence-electron chi connectivity index (χ1n) is 7.10. The minimum Gasteiger partial charge on any atom is -0.0870 e. The Hall–Kier alpha value is -1.82. The second kappa shape index (κ2) is 4.70. The van der Waals surface area contributed by atoms with Crippen molar-refractivity contribution in [3.63, 3.8) is 0 Å². The van der Waals surface area contributed by atoms with Crippen molar-refractivity contribution in [2.45, 2.75) is 27.2 Å². The Morgan fingerprint density at radius 1 is 1.05 bits per heavy atom. The topological polar surface area (TPSA) is 0 Å². The van der Waals surface area contributed by atoms with Crippen LogP contribution in [0.25, 0.3) is 29.0 Å². The lowest BCUT2D eigenvalue weighted by molar-refractivity contribution is 0.759. The summed E-state index contributed by atoms with van der Waals surface area (Å²) in [4.78, 5) is 0. The maximum Gasteiger partial charge on any atom is -0.00336 e. The Balaban J connectivity index is 2.58. The Labute approximate surface area is 114 Å². The lowest BCUT2D eigenvalue weighted by Gasteiger charge is -2.18. The number of benzene rings is 2. The van der Waals surface area contributed by atoms with E-state index in [9.17, 15) is 0 Å². The summed E-state index contributed by atoms with van der Waals surface area (Å²) < 4.78 is 0. The molecule has 1 aliphatic carbocycles. The molecule has 1 aliphatic rings. The van der Waals surface area contributed by atoms with E-state index in [2.05, 4.69) is 69.3 Å². The second-order valence-electron chi connectivity index (χ2n) is 5.44. The molecule has 0 heterocycles. The van der Waals surface area contributed by atoms with Gasteiger partial charge in [-0.05, 0) is 58.5 Å². The molecule has 3 rings (SSSR count). The van der Waals surface area contributed by atoms with Crippen molar-refractivity contribution in [2.75, 3.05) is 0 Å². The number of hydrogen-bond acceptors (Lipinski definition) is 0. The molecule has 1 unspecified atom stereocenters. The number of allylic oxidation sites excluding steroid dienone is 1. The Kier molecular flexibility index (Phi) is 3.02. The molecule has 19 heavy (non-hydrogen) atoms. The number of rotatable bonds is 1. The van der Waals surface area contributed by atoms with Gasteiger partial charge >= 0.3 is 0 Å². The van der Waals surface area contributed by atoms with Gasteiger partial charge in [0.25, 0.3) is 0 Å². The molecule has 0 aliphatic heterocycles. The molecule has 0 nitrogen and oxygen atoms in total. The quantitative estimate of drug-likeness (QED) is 0.722. The standard InChI is InChI=1S/C19H20/c1-4-6-15-8-10-17-12-13(3)11-16-9-7-14(5-2)18(15)19(16)17/h4-11,13H,12H2,1-3H3/b6-4-,14-5-. The third kappa shape index (κ3) is 1.92. The first-order valence-corrected chi connectivity index (χ1v) is 7.10. The zero-order valence-corrected chi connectivity index (χ0v) is 11.9. The SMILES string of the molecule is C/C=C\c1ccc2c3c(cc/c(=C/C)c13)=CC(C)C2. The van der Waals surface area contributed by atoms with E-state index in [0.717, 1.165) is 6.42 Å². The third-order valence-electron chi connectivity index (χ3n) is 4.01. The maximum absolute atomic E-state index is 2.41. The molecule has 0 fully saturated rings. The fourth-order valence-electron chi connectivity index (χ4n) is 3.23. The predicted octanol–water partition coefficient (Wildman–Crippen LogP) is 3.65. The van der Waals surface area contributed by atoms with Gasteiger partial charge in [0, 0.05) is 0 Å². The average Bonchev–Trinajstić information content (AvgIpc) is 2.41. The highest BCUT2D eigenvalue weighted by Crippen LogP contribution is 2.24. The highest BCUT2D eigenvalue weighted by Gasteiger charge is 2.13. The summed E-state index contributed by atoms with van der Waals surface area (Å²) in [5.41, 5.74) is 2.83. The van der Waals surface area contributed by atoms with Gasteiger partial charge in [-0.15, -0.1) is 0 Å². The van der Waals surface area contributed by atoms with Crippen molar-refractivity contribution < 1.29 is 0 Å². The fourth-order valence-corrected chi connectivity index (χ4v) is 3.23. The van der Waals surface area contributed by atoms with Gasteiger partial charge in [-0.25, -0.2) is 0 Å². The first kappa shape index (κ1) is 12.2. The minimum absolute atomic E-state index is 0.639. The molecular weight excluding hydrogens is 228 g/mol. The molecule has 0 radical (unpaired) electrons. The molecule has 2 aromatic carbocycles. The van der Waals surface area contributed by atoms with Crippen molar-refractivity contribution in [3.05, 3.63) is 51.9 Å². The van der Waals surface area contributed by atoms with Gasteiger partial charge in [0.15, 0.2) is 0 Å². The third-order valence-corrected chi connectivity index (χ3v) is 4.01. The van der Waals surface area contributed by atoms with Gasteiger partial charge in [-0.3, -0.25) is 0 Å². The molecule has 96 valence electrons. The van der Waals surface area contributed by atoms with Crippen LogP contribution in [-0.2, 0) is 6.42 Å². The van der Waals surface area contributed by atoms with Crippen LogP contribution < -0.4 is 10.4 Å². The molecule has 0 N–H and O–H groups in total. The van der Waals surface area contributed by atoms with E-state index in [4.69, 9.17) is 0 Å². The largest absolute Gasteiger partial charge is 0.0870 e. The van der Waals surface area contributed by atoms with Crippen molar-refractivity contribution in [1.82, 2.24) is 0 Å². The van der Waals surface area contributed by atoms with Crippen LogP contribution in [0.4, 0.5) is 0 Å². The molecule has 0 spiro atoms. The van der Waals surface area contributed by atoms with Crippen LogP contribution in [0.3, 0.4) is 0 Å². The molecular formula is C19H20. The molecule has 0 saturated carbocycles. The summed E-state index contributed by atoms with van der Waals surface area (Å²) in [6, 6.07) is 9.11. The lowest BCUT2D eigenvalue weighted by atomic mass is 9.86. The molecule has 2 aromatic rings. The summed E-state index contributed by atoms with van der Waals surface area (Å²) in [5, 5.41) is 5.63. The highest BCUT2D eigenvalue weighted by molar-refractivity contribution is 5.95. The summed E-state index contributed by atoms with van der Waals surface area (Å²) >= 11 is 0. The van der Waals surface area contributed by atoms with Crippen molar-refractivity contribution in [2.24, 2.45) is 5.92 Å². The van der Waals surface area contributed by atoms with E-state index in [-0.39, 0.29) is 0 Å². The average molecular weight is 248 g/mol. The Bertz CT molecular complexity index is 776. The van der Waals surface area contributed by atoms with Crippen LogP contribution in [0.5, 0.6) is 0 Å². The van der Waals surface area contributed by atoms with Gasteiger partial charge in [-0.2, -0.15) is 0 Å². The minimum atomic E-state index is 0.639. The molecule has 0 heteroatoms. The van der Waals surface area contributed by atoms with E-state index in [1.54, 1.807) is 0 Å². The van der Waals surface area contributed by atoms with E-state index >= 15 is 0 Å². The molecule has 1 atom stereocenters. The second-order valence-corrected chi connectivity index (χ2v) is 5.44. The summed E-state index contributed by atoms with van der Waals surface area (Å²) in [7, 11) is 0. The lowest BCUT2D eigenvalue weighted by Crippen LogP contribution is -2.19. The summed E-state index contributed by atoms with van der Waals surface area (Å²) in [5.74, 6) is 0.639. The Morgan fingerprint density at radius 3 is 2.63 bits per heavy atom. The monoisotopic (exact) mass is 248 g/mol. The zero-order chi connectivity index (χ0) is 13.4. The molecule has 0 aromatic heterocycles. The van der Waals surface area contributed by atoms with Crippen molar-refractivity contribution >= 4 is 29.0 Å². The molecule has 0 amide bonds. The van der Waals surface area contributed by atoms with Gasteiger partial charge in [0.05, 0.1) is 0 Å². The van der Waals surface area contributed by atoms with Crippen molar-refractivity contribution in [1.29, 1.82) is 0 Å². The van der Waals surface area contributed by atoms with Crippen LogP contribution in [0.1, 0.15) is 31.9 Å². The number of hydrogen-bond donors (Lipinski definition) is 0. The Morgan fingerprint density at radius 2 is 1.89 bits per heavy atom. The molecule has 0 bridgehead atoms. The fraction of sp³-hybridized carbons (Fsp3) is 0.263. The van der Waals surface area contributed by atoms with Crippen molar-refractivity contribution in [3.8, 4) is 0 Å².